The number of anilines is 1. The minimum absolute atomic E-state index is 0.0655. The summed E-state index contributed by atoms with van der Waals surface area (Å²) in [5.41, 5.74) is 6.03. The van der Waals surface area contributed by atoms with Crippen molar-refractivity contribution < 1.29 is 13.3 Å². The summed E-state index contributed by atoms with van der Waals surface area (Å²) in [6.45, 7) is 0. The van der Waals surface area contributed by atoms with E-state index >= 15 is 0 Å². The quantitative estimate of drug-likeness (QED) is 0.527. The van der Waals surface area contributed by atoms with Gasteiger partial charge < -0.3 is 5.73 Å². The van der Waals surface area contributed by atoms with Gasteiger partial charge in [0.2, 0.25) is 0 Å². The topological polar surface area (TPSA) is 103 Å². The Morgan fingerprint density at radius 1 is 1.14 bits per heavy atom. The Bertz CT molecular complexity index is 786. The van der Waals surface area contributed by atoms with Crippen molar-refractivity contribution in [3.63, 3.8) is 0 Å². The number of nitrogens with two attached hydrogens (primary N) is 1. The van der Waals surface area contributed by atoms with Crippen LogP contribution < -0.4 is 5.73 Å². The number of benzene rings is 2. The van der Waals surface area contributed by atoms with Crippen LogP contribution in [0.25, 0.3) is 0 Å². The van der Waals surface area contributed by atoms with E-state index < -0.39 is 14.8 Å². The van der Waals surface area contributed by atoms with E-state index in [0.717, 1.165) is 11.2 Å². The second-order valence-corrected chi connectivity index (χ2v) is 7.46. The van der Waals surface area contributed by atoms with E-state index in [1.54, 1.807) is 18.2 Å². The summed E-state index contributed by atoms with van der Waals surface area (Å²) in [4.78, 5) is 11.8. The second kappa shape index (κ2) is 5.74. The van der Waals surface area contributed by atoms with Crippen LogP contribution in [0, 0.1) is 10.1 Å². The SMILES string of the molecule is CS(=O)(=O)c1ccc(Sc2ccc([N+](=O)[O-])cc2N)cc1. The molecule has 0 bridgehead atoms. The highest BCUT2D eigenvalue weighted by atomic mass is 32.2. The molecule has 110 valence electrons. The number of sulfone groups is 1. The Hall–Kier alpha value is -2.06. The summed E-state index contributed by atoms with van der Waals surface area (Å²) in [5.74, 6) is 0. The lowest BCUT2D eigenvalue weighted by molar-refractivity contribution is -0.384. The van der Waals surface area contributed by atoms with Crippen molar-refractivity contribution in [3.05, 3.63) is 52.6 Å². The zero-order valence-electron chi connectivity index (χ0n) is 11.0. The Kier molecular flexibility index (Phi) is 4.19. The van der Waals surface area contributed by atoms with Crippen LogP contribution in [-0.4, -0.2) is 19.6 Å². The smallest absolute Gasteiger partial charge is 0.271 e. The van der Waals surface area contributed by atoms with E-state index in [9.17, 15) is 18.5 Å². The summed E-state index contributed by atoms with van der Waals surface area (Å²) in [5, 5.41) is 10.6. The molecule has 0 aliphatic carbocycles. The van der Waals surface area contributed by atoms with Crippen LogP contribution >= 0.6 is 11.8 Å². The summed E-state index contributed by atoms with van der Waals surface area (Å²) < 4.78 is 22.7. The van der Waals surface area contributed by atoms with E-state index in [0.29, 0.717) is 10.6 Å². The highest BCUT2D eigenvalue weighted by Crippen LogP contribution is 2.34. The first-order valence-corrected chi connectivity index (χ1v) is 8.50. The number of nitro groups is 1. The molecule has 0 saturated heterocycles. The van der Waals surface area contributed by atoms with Crippen molar-refractivity contribution in [3.8, 4) is 0 Å². The summed E-state index contributed by atoms with van der Waals surface area (Å²) in [6, 6.07) is 10.6. The first kappa shape index (κ1) is 15.3. The Morgan fingerprint density at radius 2 is 1.76 bits per heavy atom. The van der Waals surface area contributed by atoms with Crippen molar-refractivity contribution in [1.29, 1.82) is 0 Å². The van der Waals surface area contributed by atoms with E-state index in [4.69, 9.17) is 5.73 Å². The van der Waals surface area contributed by atoms with E-state index in [2.05, 4.69) is 0 Å². The van der Waals surface area contributed by atoms with Gasteiger partial charge in [0.25, 0.3) is 5.69 Å². The first-order valence-electron chi connectivity index (χ1n) is 5.79. The molecule has 0 saturated carbocycles. The average Bonchev–Trinajstić information content (AvgIpc) is 2.40. The highest BCUT2D eigenvalue weighted by Gasteiger charge is 2.11. The fourth-order valence-corrected chi connectivity index (χ4v) is 3.09. The van der Waals surface area contributed by atoms with Crippen LogP contribution in [0.3, 0.4) is 0 Å². The zero-order valence-corrected chi connectivity index (χ0v) is 12.6. The lowest BCUT2D eigenvalue weighted by atomic mass is 10.3. The molecule has 0 atom stereocenters. The van der Waals surface area contributed by atoms with Crippen LogP contribution in [0.4, 0.5) is 11.4 Å². The highest BCUT2D eigenvalue weighted by molar-refractivity contribution is 7.99. The molecule has 0 fully saturated rings. The fourth-order valence-electron chi connectivity index (χ4n) is 1.62. The maximum absolute atomic E-state index is 11.4. The molecule has 21 heavy (non-hydrogen) atoms. The molecule has 0 aromatic heterocycles. The lowest BCUT2D eigenvalue weighted by Gasteiger charge is -2.06. The molecule has 0 unspecified atom stereocenters. The largest absolute Gasteiger partial charge is 0.398 e. The Balaban J connectivity index is 2.24. The van der Waals surface area contributed by atoms with Crippen LogP contribution in [0.5, 0.6) is 0 Å². The monoisotopic (exact) mass is 324 g/mol. The standard InChI is InChI=1S/C13H12N2O4S2/c1-21(18,19)11-5-3-10(4-6-11)20-13-7-2-9(15(16)17)8-12(13)14/h2-8H,14H2,1H3. The number of nitrogens with zero attached hydrogens (tertiary/aromatic N) is 1. The lowest BCUT2D eigenvalue weighted by Crippen LogP contribution is -1.96. The molecule has 0 amide bonds. The van der Waals surface area contributed by atoms with E-state index in [1.165, 1.54) is 36.0 Å². The van der Waals surface area contributed by atoms with Gasteiger partial charge in [-0.15, -0.1) is 0 Å². The number of nitrogen functional groups attached to an aromatic ring is 1. The number of hydrogen-bond donors (Lipinski definition) is 1. The van der Waals surface area contributed by atoms with Crippen LogP contribution in [-0.2, 0) is 9.84 Å². The maximum atomic E-state index is 11.4. The molecular weight excluding hydrogens is 312 g/mol. The number of nitro benzene ring substituents is 1. The zero-order chi connectivity index (χ0) is 15.6. The van der Waals surface area contributed by atoms with Gasteiger partial charge in [-0.3, -0.25) is 10.1 Å². The average molecular weight is 324 g/mol. The van der Waals surface area contributed by atoms with Crippen LogP contribution in [0.15, 0.2) is 57.2 Å². The molecule has 0 spiro atoms. The van der Waals surface area contributed by atoms with Crippen LogP contribution in [0.1, 0.15) is 0 Å². The molecule has 0 radical (unpaired) electrons. The van der Waals surface area contributed by atoms with Gasteiger partial charge in [0, 0.05) is 28.2 Å². The van der Waals surface area contributed by atoms with Gasteiger partial charge in [-0.25, -0.2) is 8.42 Å². The molecule has 0 heterocycles. The predicted octanol–water partition coefficient (Wildman–Crippen LogP) is 2.73. The molecule has 6 nitrogen and oxygen atoms in total. The van der Waals surface area contributed by atoms with Crippen LogP contribution in [0.2, 0.25) is 0 Å². The van der Waals surface area contributed by atoms with Gasteiger partial charge >= 0.3 is 0 Å². The van der Waals surface area contributed by atoms with Gasteiger partial charge in [0.05, 0.1) is 15.5 Å². The first-order chi connectivity index (χ1) is 9.77. The van der Waals surface area contributed by atoms with Crippen molar-refractivity contribution in [2.45, 2.75) is 14.7 Å². The van der Waals surface area contributed by atoms with Crippen molar-refractivity contribution in [2.75, 3.05) is 12.0 Å². The Morgan fingerprint density at radius 3 is 2.24 bits per heavy atom. The molecular formula is C13H12N2O4S2. The van der Waals surface area contributed by atoms with Gasteiger partial charge in [-0.1, -0.05) is 11.8 Å². The minimum Gasteiger partial charge on any atom is -0.398 e. The Labute approximate surface area is 126 Å². The fraction of sp³-hybridized carbons (Fsp3) is 0.0769. The molecule has 8 heteroatoms. The minimum atomic E-state index is -3.22. The number of non-ortho nitro benzene ring substituents is 1. The number of rotatable bonds is 4. The third kappa shape index (κ3) is 3.73. The van der Waals surface area contributed by atoms with Gasteiger partial charge in [-0.2, -0.15) is 0 Å². The number of hydrogen-bond acceptors (Lipinski definition) is 6. The van der Waals surface area contributed by atoms with Gasteiger partial charge in [0.15, 0.2) is 9.84 Å². The van der Waals surface area contributed by atoms with Crippen molar-refractivity contribution in [1.82, 2.24) is 0 Å². The molecule has 0 aliphatic rings. The summed E-state index contributed by atoms with van der Waals surface area (Å²) in [6.07, 6.45) is 1.14. The van der Waals surface area contributed by atoms with Crippen molar-refractivity contribution >= 4 is 33.0 Å². The van der Waals surface area contributed by atoms with Crippen molar-refractivity contribution in [2.24, 2.45) is 0 Å². The third-order valence-corrected chi connectivity index (χ3v) is 4.91. The second-order valence-electron chi connectivity index (χ2n) is 4.32. The summed E-state index contributed by atoms with van der Waals surface area (Å²) >= 11 is 1.31. The predicted molar refractivity (Wildman–Crippen MR) is 81.2 cm³/mol. The molecule has 2 aromatic carbocycles. The normalized spacial score (nSPS) is 11.3. The third-order valence-electron chi connectivity index (χ3n) is 2.68. The summed E-state index contributed by atoms with van der Waals surface area (Å²) in [7, 11) is -3.22. The molecule has 2 rings (SSSR count). The molecule has 0 aliphatic heterocycles. The van der Waals surface area contributed by atoms with E-state index in [1.807, 2.05) is 0 Å². The molecule has 2 N–H and O–H groups in total. The van der Waals surface area contributed by atoms with Gasteiger partial charge in [0.1, 0.15) is 0 Å². The molecule has 2 aromatic rings. The maximum Gasteiger partial charge on any atom is 0.271 e. The van der Waals surface area contributed by atoms with Gasteiger partial charge in [-0.05, 0) is 30.3 Å². The van der Waals surface area contributed by atoms with E-state index in [-0.39, 0.29) is 10.6 Å².